The molecule has 1 aromatic rings. The van der Waals surface area contributed by atoms with Crippen molar-refractivity contribution >= 4 is 27.8 Å². The summed E-state index contributed by atoms with van der Waals surface area (Å²) in [5, 5.41) is 2.81. The minimum absolute atomic E-state index is 0.230. The van der Waals surface area contributed by atoms with Crippen LogP contribution in [0.25, 0.3) is 0 Å². The van der Waals surface area contributed by atoms with Gasteiger partial charge in [0.05, 0.1) is 0 Å². The average Bonchev–Trinajstić information content (AvgIpc) is 2.62. The molecule has 0 radical (unpaired) electrons. The summed E-state index contributed by atoms with van der Waals surface area (Å²) in [6.45, 7) is 1.90. The number of hydrogen-bond donors (Lipinski definition) is 1. The molecule has 0 saturated heterocycles. The maximum absolute atomic E-state index is 12.0. The second-order valence-corrected chi connectivity index (χ2v) is 6.94. The highest BCUT2D eigenvalue weighted by molar-refractivity contribution is 9.10. The van der Waals surface area contributed by atoms with Crippen LogP contribution < -0.4 is 10.1 Å². The van der Waals surface area contributed by atoms with E-state index in [0.29, 0.717) is 12.3 Å². The summed E-state index contributed by atoms with van der Waals surface area (Å²) in [5.74, 6) is -0.285. The number of carbonyl (C=O) groups is 2. The van der Waals surface area contributed by atoms with Gasteiger partial charge in [0.25, 0.3) is 5.91 Å². The van der Waals surface area contributed by atoms with Crippen molar-refractivity contribution in [3.8, 4) is 5.75 Å². The van der Waals surface area contributed by atoms with Gasteiger partial charge in [0.1, 0.15) is 5.75 Å². The van der Waals surface area contributed by atoms with Gasteiger partial charge in [0.15, 0.2) is 12.7 Å². The molecule has 0 unspecified atom stereocenters. The van der Waals surface area contributed by atoms with Crippen molar-refractivity contribution in [1.29, 1.82) is 0 Å². The van der Waals surface area contributed by atoms with Gasteiger partial charge in [-0.25, -0.2) is 4.79 Å². The van der Waals surface area contributed by atoms with Crippen LogP contribution in [0.2, 0.25) is 0 Å². The Kier molecular flexibility index (Phi) is 7.98. The highest BCUT2D eigenvalue weighted by Crippen LogP contribution is 2.19. The predicted molar refractivity (Wildman–Crippen MR) is 99.4 cm³/mol. The van der Waals surface area contributed by atoms with E-state index in [2.05, 4.69) is 27.3 Å². The summed E-state index contributed by atoms with van der Waals surface area (Å²) >= 11 is 3.32. The van der Waals surface area contributed by atoms with E-state index in [9.17, 15) is 9.59 Å². The zero-order valence-electron chi connectivity index (χ0n) is 14.4. The van der Waals surface area contributed by atoms with E-state index in [1.807, 2.05) is 12.1 Å². The lowest BCUT2D eigenvalue weighted by Crippen LogP contribution is -2.37. The Morgan fingerprint density at radius 1 is 1.24 bits per heavy atom. The molecule has 1 N–H and O–H groups in total. The Labute approximate surface area is 156 Å². The quantitative estimate of drug-likeness (QED) is 0.524. The topological polar surface area (TPSA) is 64.6 Å². The van der Waals surface area contributed by atoms with Crippen LogP contribution in [0.4, 0.5) is 0 Å². The summed E-state index contributed by atoms with van der Waals surface area (Å²) in [7, 11) is 0. The highest BCUT2D eigenvalue weighted by atomic mass is 79.9. The molecule has 0 spiro atoms. The van der Waals surface area contributed by atoms with Crippen LogP contribution in [-0.2, 0) is 14.3 Å². The second-order valence-electron chi connectivity index (χ2n) is 6.02. The lowest BCUT2D eigenvalue weighted by atomic mass is 9.97. The Morgan fingerprint density at radius 2 is 2.00 bits per heavy atom. The Bertz CT molecular complexity index is 612. The molecule has 136 valence electrons. The minimum Gasteiger partial charge on any atom is -0.482 e. The molecule has 0 fully saturated rings. The van der Waals surface area contributed by atoms with E-state index >= 15 is 0 Å². The smallest absolute Gasteiger partial charge is 0.344 e. The lowest BCUT2D eigenvalue weighted by Gasteiger charge is -2.15. The molecular weight excluding hydrogens is 386 g/mol. The van der Waals surface area contributed by atoms with E-state index in [1.54, 1.807) is 19.1 Å². The van der Waals surface area contributed by atoms with Crippen LogP contribution in [0, 0.1) is 0 Å². The van der Waals surface area contributed by atoms with Crippen LogP contribution in [0.3, 0.4) is 0 Å². The van der Waals surface area contributed by atoms with E-state index in [1.165, 1.54) is 18.4 Å². The first-order chi connectivity index (χ1) is 12.0. The van der Waals surface area contributed by atoms with E-state index in [-0.39, 0.29) is 12.5 Å². The van der Waals surface area contributed by atoms with Crippen LogP contribution in [0.5, 0.6) is 5.75 Å². The van der Waals surface area contributed by atoms with Crippen molar-refractivity contribution < 1.29 is 19.1 Å². The molecule has 0 heterocycles. The summed E-state index contributed by atoms with van der Waals surface area (Å²) in [4.78, 5) is 23.8. The van der Waals surface area contributed by atoms with Gasteiger partial charge < -0.3 is 14.8 Å². The van der Waals surface area contributed by atoms with Crippen LogP contribution in [0.1, 0.15) is 39.0 Å². The number of hydrogen-bond acceptors (Lipinski definition) is 4. The third-order valence-electron chi connectivity index (χ3n) is 3.98. The first-order valence-corrected chi connectivity index (χ1v) is 9.37. The molecule has 25 heavy (non-hydrogen) atoms. The lowest BCUT2D eigenvalue weighted by molar-refractivity contribution is -0.156. The fraction of sp³-hybridized carbons (Fsp3) is 0.474. The number of esters is 1. The SMILES string of the molecule is C[C@H](OC(=O)COc1ccc(Br)cc1)C(=O)NCCC1=CCCCC1. The summed E-state index contributed by atoms with van der Waals surface area (Å²) in [6.07, 6.45) is 7.03. The molecule has 0 aliphatic heterocycles. The molecular formula is C19H24BrNO4. The fourth-order valence-corrected chi connectivity index (χ4v) is 2.84. The number of ether oxygens (including phenoxy) is 2. The predicted octanol–water partition coefficient (Wildman–Crippen LogP) is 3.77. The van der Waals surface area contributed by atoms with E-state index in [0.717, 1.165) is 23.7 Å². The minimum atomic E-state index is -0.832. The maximum atomic E-state index is 12.0. The Morgan fingerprint density at radius 3 is 2.68 bits per heavy atom. The van der Waals surface area contributed by atoms with Crippen molar-refractivity contribution in [2.75, 3.05) is 13.2 Å². The van der Waals surface area contributed by atoms with Gasteiger partial charge in [0, 0.05) is 11.0 Å². The number of benzene rings is 1. The number of halogens is 1. The molecule has 1 aromatic carbocycles. The van der Waals surface area contributed by atoms with Gasteiger partial charge >= 0.3 is 5.97 Å². The molecule has 5 nitrogen and oxygen atoms in total. The highest BCUT2D eigenvalue weighted by Gasteiger charge is 2.18. The molecule has 1 aliphatic carbocycles. The molecule has 0 aromatic heterocycles. The molecule has 6 heteroatoms. The first-order valence-electron chi connectivity index (χ1n) is 8.58. The van der Waals surface area contributed by atoms with Gasteiger partial charge in [-0.05, 0) is 63.3 Å². The molecule has 1 atom stereocenters. The van der Waals surface area contributed by atoms with Gasteiger partial charge in [0.2, 0.25) is 0 Å². The molecule has 2 rings (SSSR count). The number of carbonyl (C=O) groups excluding carboxylic acids is 2. The van der Waals surface area contributed by atoms with Crippen LogP contribution >= 0.6 is 15.9 Å². The summed E-state index contributed by atoms with van der Waals surface area (Å²) in [6, 6.07) is 7.12. The Hall–Kier alpha value is -1.82. The number of rotatable bonds is 8. The third kappa shape index (κ3) is 7.30. The average molecular weight is 410 g/mol. The van der Waals surface area contributed by atoms with Gasteiger partial charge in [-0.3, -0.25) is 4.79 Å². The van der Waals surface area contributed by atoms with E-state index < -0.39 is 12.1 Å². The fourth-order valence-electron chi connectivity index (χ4n) is 2.58. The van der Waals surface area contributed by atoms with Crippen molar-refractivity contribution in [1.82, 2.24) is 5.32 Å². The number of amides is 1. The van der Waals surface area contributed by atoms with Gasteiger partial charge in [-0.1, -0.05) is 27.6 Å². The second kappa shape index (κ2) is 10.2. The number of allylic oxidation sites excluding steroid dienone is 1. The summed E-state index contributed by atoms with van der Waals surface area (Å²) < 4.78 is 11.4. The van der Waals surface area contributed by atoms with Crippen molar-refractivity contribution in [3.05, 3.63) is 40.4 Å². The van der Waals surface area contributed by atoms with Crippen LogP contribution in [0.15, 0.2) is 40.4 Å². The molecule has 1 aliphatic rings. The van der Waals surface area contributed by atoms with Crippen molar-refractivity contribution in [2.24, 2.45) is 0 Å². The largest absolute Gasteiger partial charge is 0.482 e. The normalized spacial score (nSPS) is 15.0. The zero-order chi connectivity index (χ0) is 18.1. The molecule has 0 saturated carbocycles. The molecule has 1 amide bonds. The van der Waals surface area contributed by atoms with Crippen molar-refractivity contribution in [3.63, 3.8) is 0 Å². The monoisotopic (exact) mass is 409 g/mol. The first kappa shape index (κ1) is 19.5. The van der Waals surface area contributed by atoms with Crippen LogP contribution in [-0.4, -0.2) is 31.1 Å². The Balaban J connectivity index is 1.64. The summed E-state index contributed by atoms with van der Waals surface area (Å²) in [5.41, 5.74) is 1.40. The van der Waals surface area contributed by atoms with Crippen molar-refractivity contribution in [2.45, 2.75) is 45.1 Å². The van der Waals surface area contributed by atoms with E-state index in [4.69, 9.17) is 9.47 Å². The van der Waals surface area contributed by atoms with Gasteiger partial charge in [-0.2, -0.15) is 0 Å². The van der Waals surface area contributed by atoms with Gasteiger partial charge in [-0.15, -0.1) is 0 Å². The maximum Gasteiger partial charge on any atom is 0.344 e. The zero-order valence-corrected chi connectivity index (χ0v) is 16.0. The number of nitrogens with one attached hydrogen (secondary N) is 1. The molecule has 0 bridgehead atoms. The third-order valence-corrected chi connectivity index (χ3v) is 4.51. The standard InChI is InChI=1S/C19H24BrNO4/c1-14(19(23)21-12-11-15-5-3-2-4-6-15)25-18(22)13-24-17-9-7-16(20)8-10-17/h5,7-10,14H,2-4,6,11-13H2,1H3,(H,21,23)/t14-/m0/s1.